The van der Waals surface area contributed by atoms with Gasteiger partial charge in [0.05, 0.1) is 4.92 Å². The number of benzene rings is 1. The fourth-order valence-electron chi connectivity index (χ4n) is 1.34. The Labute approximate surface area is 110 Å². The first-order valence-corrected chi connectivity index (χ1v) is 6.41. The number of nitrogens with zero attached hydrogens (tertiary/aromatic N) is 2. The first-order chi connectivity index (χ1) is 8.16. The van der Waals surface area contributed by atoms with Crippen LogP contribution in [0.5, 0.6) is 0 Å². The van der Waals surface area contributed by atoms with Gasteiger partial charge in [-0.3, -0.25) is 10.1 Å². The van der Waals surface area contributed by atoms with Gasteiger partial charge in [0, 0.05) is 23.6 Å². The van der Waals surface area contributed by atoms with E-state index >= 15 is 0 Å². The first kappa shape index (κ1) is 12.0. The fraction of sp³-hybridized carbons (Fsp3) is 0.100. The number of nitrogens with one attached hydrogen (secondary N) is 1. The molecule has 0 radical (unpaired) electrons. The Kier molecular flexibility index (Phi) is 3.70. The van der Waals surface area contributed by atoms with Crippen molar-refractivity contribution in [2.45, 2.75) is 6.54 Å². The number of nitro groups is 1. The van der Waals surface area contributed by atoms with Crippen molar-refractivity contribution in [3.8, 4) is 0 Å². The van der Waals surface area contributed by atoms with Crippen molar-refractivity contribution in [3.63, 3.8) is 0 Å². The molecule has 1 heterocycles. The Bertz CT molecular complexity index is 544. The lowest BCUT2D eigenvalue weighted by atomic mass is 10.2. The average Bonchev–Trinajstić information content (AvgIpc) is 2.73. The van der Waals surface area contributed by atoms with Gasteiger partial charge in [0.1, 0.15) is 4.60 Å². The number of para-hydroxylation sites is 1. The van der Waals surface area contributed by atoms with Gasteiger partial charge < -0.3 is 5.32 Å². The van der Waals surface area contributed by atoms with Crippen LogP contribution in [0.15, 0.2) is 34.2 Å². The Hall–Kier alpha value is -1.47. The highest BCUT2D eigenvalue weighted by Gasteiger charge is 2.12. The molecule has 0 atom stereocenters. The molecule has 88 valence electrons. The number of anilines is 1. The van der Waals surface area contributed by atoms with Crippen LogP contribution in [0, 0.1) is 10.1 Å². The first-order valence-electron chi connectivity index (χ1n) is 4.74. The van der Waals surface area contributed by atoms with E-state index in [1.165, 1.54) is 17.4 Å². The van der Waals surface area contributed by atoms with Crippen molar-refractivity contribution in [1.82, 2.24) is 4.98 Å². The summed E-state index contributed by atoms with van der Waals surface area (Å²) in [7, 11) is 0. The van der Waals surface area contributed by atoms with Gasteiger partial charge in [-0.05, 0) is 15.9 Å². The van der Waals surface area contributed by atoms with Crippen LogP contribution in [-0.4, -0.2) is 9.91 Å². The van der Waals surface area contributed by atoms with Crippen LogP contribution in [0.1, 0.15) is 5.56 Å². The van der Waals surface area contributed by atoms with Crippen molar-refractivity contribution < 1.29 is 4.92 Å². The molecule has 0 aliphatic rings. The van der Waals surface area contributed by atoms with E-state index in [0.717, 1.165) is 9.73 Å². The number of halogens is 1. The quantitative estimate of drug-likeness (QED) is 0.693. The van der Waals surface area contributed by atoms with Crippen molar-refractivity contribution >= 4 is 38.1 Å². The third-order valence-electron chi connectivity index (χ3n) is 2.09. The molecule has 17 heavy (non-hydrogen) atoms. The zero-order chi connectivity index (χ0) is 12.3. The van der Waals surface area contributed by atoms with E-state index in [1.54, 1.807) is 18.2 Å². The topological polar surface area (TPSA) is 68.1 Å². The van der Waals surface area contributed by atoms with Gasteiger partial charge in [-0.1, -0.05) is 18.2 Å². The molecule has 0 amide bonds. The average molecular weight is 314 g/mol. The molecule has 0 saturated carbocycles. The lowest BCUT2D eigenvalue weighted by Gasteiger charge is -2.03. The van der Waals surface area contributed by atoms with Crippen molar-refractivity contribution in [2.24, 2.45) is 0 Å². The van der Waals surface area contributed by atoms with Crippen molar-refractivity contribution in [2.75, 3.05) is 5.32 Å². The summed E-state index contributed by atoms with van der Waals surface area (Å²) in [6.07, 6.45) is 0. The second-order valence-electron chi connectivity index (χ2n) is 3.21. The number of aromatic nitrogens is 1. The van der Waals surface area contributed by atoms with Gasteiger partial charge in [0.2, 0.25) is 0 Å². The molecule has 2 aromatic rings. The van der Waals surface area contributed by atoms with Crippen molar-refractivity contribution in [1.29, 1.82) is 0 Å². The summed E-state index contributed by atoms with van der Waals surface area (Å²) in [5.74, 6) is 0. The standard InChI is InChI=1S/C10H8BrN3O2S/c11-9-6-17-10(13-9)12-5-7-3-1-2-4-8(7)14(15)16/h1-4,6H,5H2,(H,12,13). The highest BCUT2D eigenvalue weighted by atomic mass is 79.9. The molecular formula is C10H8BrN3O2S. The third-order valence-corrected chi connectivity index (χ3v) is 3.60. The Balaban J connectivity index is 2.11. The molecule has 7 heteroatoms. The van der Waals surface area contributed by atoms with Crippen LogP contribution in [0.4, 0.5) is 10.8 Å². The maximum absolute atomic E-state index is 10.8. The van der Waals surface area contributed by atoms with Crippen LogP contribution >= 0.6 is 27.3 Å². The van der Waals surface area contributed by atoms with E-state index in [1.807, 2.05) is 5.38 Å². The minimum atomic E-state index is -0.380. The summed E-state index contributed by atoms with van der Waals surface area (Å²) >= 11 is 4.69. The van der Waals surface area contributed by atoms with E-state index in [-0.39, 0.29) is 10.6 Å². The SMILES string of the molecule is O=[N+]([O-])c1ccccc1CNc1nc(Br)cs1. The van der Waals surface area contributed by atoms with Gasteiger partial charge in [-0.25, -0.2) is 4.98 Å². The van der Waals surface area contributed by atoms with Gasteiger partial charge in [0.25, 0.3) is 5.69 Å². The minimum absolute atomic E-state index is 0.121. The molecule has 1 N–H and O–H groups in total. The molecule has 0 bridgehead atoms. The highest BCUT2D eigenvalue weighted by molar-refractivity contribution is 9.10. The molecule has 0 spiro atoms. The maximum Gasteiger partial charge on any atom is 0.274 e. The monoisotopic (exact) mass is 313 g/mol. The summed E-state index contributed by atoms with van der Waals surface area (Å²) in [4.78, 5) is 14.6. The molecule has 5 nitrogen and oxygen atoms in total. The second kappa shape index (κ2) is 5.24. The van der Waals surface area contributed by atoms with E-state index in [2.05, 4.69) is 26.2 Å². The molecule has 1 aromatic heterocycles. The second-order valence-corrected chi connectivity index (χ2v) is 4.89. The maximum atomic E-state index is 10.8. The Morgan fingerprint density at radius 2 is 2.24 bits per heavy atom. The Morgan fingerprint density at radius 1 is 1.47 bits per heavy atom. The zero-order valence-electron chi connectivity index (χ0n) is 8.59. The fourth-order valence-corrected chi connectivity index (χ4v) is 2.49. The third kappa shape index (κ3) is 3.01. The summed E-state index contributed by atoms with van der Waals surface area (Å²) < 4.78 is 0.757. The number of hydrogen-bond donors (Lipinski definition) is 1. The summed E-state index contributed by atoms with van der Waals surface area (Å²) in [5.41, 5.74) is 0.763. The lowest BCUT2D eigenvalue weighted by Crippen LogP contribution is -2.02. The molecular weight excluding hydrogens is 306 g/mol. The largest absolute Gasteiger partial charge is 0.357 e. The molecule has 1 aromatic carbocycles. The van der Waals surface area contributed by atoms with E-state index in [4.69, 9.17) is 0 Å². The minimum Gasteiger partial charge on any atom is -0.357 e. The molecule has 0 unspecified atom stereocenters. The summed E-state index contributed by atoms with van der Waals surface area (Å²) in [5, 5.41) is 16.4. The highest BCUT2D eigenvalue weighted by Crippen LogP contribution is 2.22. The molecule has 0 aliphatic heterocycles. The number of hydrogen-bond acceptors (Lipinski definition) is 5. The van der Waals surface area contributed by atoms with E-state index in [9.17, 15) is 10.1 Å². The van der Waals surface area contributed by atoms with Crippen LogP contribution in [-0.2, 0) is 6.54 Å². The molecule has 0 fully saturated rings. The molecule has 2 rings (SSSR count). The summed E-state index contributed by atoms with van der Waals surface area (Å²) in [6.45, 7) is 0.386. The van der Waals surface area contributed by atoms with Crippen LogP contribution in [0.2, 0.25) is 0 Å². The smallest absolute Gasteiger partial charge is 0.274 e. The van der Waals surface area contributed by atoms with Crippen molar-refractivity contribution in [3.05, 3.63) is 49.9 Å². The van der Waals surface area contributed by atoms with Crippen LogP contribution in [0.3, 0.4) is 0 Å². The number of thiazole rings is 1. The Morgan fingerprint density at radius 3 is 2.88 bits per heavy atom. The van der Waals surface area contributed by atoms with Gasteiger partial charge in [0.15, 0.2) is 5.13 Å². The van der Waals surface area contributed by atoms with E-state index < -0.39 is 0 Å². The van der Waals surface area contributed by atoms with Crippen LogP contribution < -0.4 is 5.32 Å². The number of nitro benzene ring substituents is 1. The van der Waals surface area contributed by atoms with Gasteiger partial charge in [-0.15, -0.1) is 11.3 Å². The van der Waals surface area contributed by atoms with E-state index in [0.29, 0.717) is 12.1 Å². The number of rotatable bonds is 4. The van der Waals surface area contributed by atoms with Crippen LogP contribution in [0.25, 0.3) is 0 Å². The molecule has 0 saturated heterocycles. The predicted molar refractivity (Wildman–Crippen MR) is 70.2 cm³/mol. The zero-order valence-corrected chi connectivity index (χ0v) is 11.0. The summed E-state index contributed by atoms with van der Waals surface area (Å²) in [6, 6.07) is 6.66. The van der Waals surface area contributed by atoms with Gasteiger partial charge in [-0.2, -0.15) is 0 Å². The normalized spacial score (nSPS) is 10.2. The predicted octanol–water partition coefficient (Wildman–Crippen LogP) is 3.43. The molecule has 0 aliphatic carbocycles. The lowest BCUT2D eigenvalue weighted by molar-refractivity contribution is -0.385. The van der Waals surface area contributed by atoms with Gasteiger partial charge >= 0.3 is 0 Å².